The molecule has 0 heterocycles. The van der Waals surface area contributed by atoms with Crippen LogP contribution < -0.4 is 4.90 Å². The van der Waals surface area contributed by atoms with Gasteiger partial charge in [-0.25, -0.2) is 0 Å². The molecule has 0 bridgehead atoms. The number of hydrogen-bond acceptors (Lipinski definition) is 2. The molecule has 0 aliphatic carbocycles. The van der Waals surface area contributed by atoms with Gasteiger partial charge in [0.1, 0.15) is 6.07 Å². The Kier molecular flexibility index (Phi) is 4.18. The molecule has 2 heteroatoms. The SMILES string of the molecule is C=CCN(CC=C)c1ccccc1C#N. The minimum atomic E-state index is 0.682. The molecule has 0 aromatic heterocycles. The van der Waals surface area contributed by atoms with Gasteiger partial charge in [-0.15, -0.1) is 13.2 Å². The van der Waals surface area contributed by atoms with Gasteiger partial charge in [0.2, 0.25) is 0 Å². The number of anilines is 1. The predicted molar refractivity (Wildman–Crippen MR) is 63.8 cm³/mol. The molecule has 0 fully saturated rings. The van der Waals surface area contributed by atoms with Crippen molar-refractivity contribution in [2.45, 2.75) is 0 Å². The van der Waals surface area contributed by atoms with Crippen LogP contribution in [0.25, 0.3) is 0 Å². The van der Waals surface area contributed by atoms with Crippen molar-refractivity contribution in [3.05, 3.63) is 55.1 Å². The van der Waals surface area contributed by atoms with Crippen LogP contribution >= 0.6 is 0 Å². The molecule has 0 amide bonds. The van der Waals surface area contributed by atoms with Crippen molar-refractivity contribution in [2.75, 3.05) is 18.0 Å². The second-order valence-electron chi connectivity index (χ2n) is 3.11. The quantitative estimate of drug-likeness (QED) is 0.680. The van der Waals surface area contributed by atoms with Gasteiger partial charge in [0.25, 0.3) is 0 Å². The first-order valence-electron chi connectivity index (χ1n) is 4.79. The largest absolute Gasteiger partial charge is 0.363 e. The van der Waals surface area contributed by atoms with Gasteiger partial charge in [-0.05, 0) is 12.1 Å². The molecule has 0 unspecified atom stereocenters. The second-order valence-corrected chi connectivity index (χ2v) is 3.11. The van der Waals surface area contributed by atoms with Crippen LogP contribution in [0.15, 0.2) is 49.6 Å². The predicted octanol–water partition coefficient (Wildman–Crippen LogP) is 2.74. The summed E-state index contributed by atoms with van der Waals surface area (Å²) in [4.78, 5) is 2.05. The molecule has 0 saturated heterocycles. The number of benzene rings is 1. The zero-order chi connectivity index (χ0) is 11.1. The van der Waals surface area contributed by atoms with Crippen LogP contribution in [0.1, 0.15) is 5.56 Å². The lowest BCUT2D eigenvalue weighted by molar-refractivity contribution is 0.954. The summed E-state index contributed by atoms with van der Waals surface area (Å²) in [7, 11) is 0. The first kappa shape index (κ1) is 11.1. The summed E-state index contributed by atoms with van der Waals surface area (Å²) in [6, 6.07) is 9.72. The topological polar surface area (TPSA) is 27.0 Å². The van der Waals surface area contributed by atoms with Crippen molar-refractivity contribution in [2.24, 2.45) is 0 Å². The lowest BCUT2D eigenvalue weighted by Crippen LogP contribution is -2.23. The maximum absolute atomic E-state index is 8.98. The van der Waals surface area contributed by atoms with Crippen molar-refractivity contribution in [3.63, 3.8) is 0 Å². The van der Waals surface area contributed by atoms with E-state index in [1.807, 2.05) is 36.4 Å². The number of nitriles is 1. The molecule has 0 spiro atoms. The molecule has 1 aromatic rings. The summed E-state index contributed by atoms with van der Waals surface area (Å²) in [6.45, 7) is 8.84. The number of nitrogens with zero attached hydrogens (tertiary/aromatic N) is 2. The third-order valence-electron chi connectivity index (χ3n) is 2.06. The van der Waals surface area contributed by atoms with Gasteiger partial charge in [-0.2, -0.15) is 5.26 Å². The van der Waals surface area contributed by atoms with Crippen LogP contribution in [0.5, 0.6) is 0 Å². The normalized spacial score (nSPS) is 9.00. The Bertz CT molecular complexity index is 378. The molecule has 1 aromatic carbocycles. The third-order valence-corrected chi connectivity index (χ3v) is 2.06. The summed E-state index contributed by atoms with van der Waals surface area (Å²) in [5.74, 6) is 0. The fraction of sp³-hybridized carbons (Fsp3) is 0.154. The van der Waals surface area contributed by atoms with Crippen LogP contribution in [0, 0.1) is 11.3 Å². The Morgan fingerprint density at radius 2 is 1.80 bits per heavy atom. The van der Waals surface area contributed by atoms with Gasteiger partial charge in [0.15, 0.2) is 0 Å². The van der Waals surface area contributed by atoms with Crippen molar-refractivity contribution >= 4 is 5.69 Å². The van der Waals surface area contributed by atoms with Crippen LogP contribution in [0.2, 0.25) is 0 Å². The van der Waals surface area contributed by atoms with Crippen molar-refractivity contribution in [1.29, 1.82) is 5.26 Å². The van der Waals surface area contributed by atoms with Gasteiger partial charge in [-0.3, -0.25) is 0 Å². The number of hydrogen-bond donors (Lipinski definition) is 0. The summed E-state index contributed by atoms with van der Waals surface area (Å²) in [6.07, 6.45) is 3.63. The average molecular weight is 198 g/mol. The highest BCUT2D eigenvalue weighted by Crippen LogP contribution is 2.19. The zero-order valence-electron chi connectivity index (χ0n) is 8.69. The van der Waals surface area contributed by atoms with Crippen LogP contribution in [-0.2, 0) is 0 Å². The standard InChI is InChI=1S/C13H14N2/c1-3-9-15(10-4-2)13-8-6-5-7-12(13)11-14/h3-8H,1-2,9-10H2. The van der Waals surface area contributed by atoms with Crippen molar-refractivity contribution in [1.82, 2.24) is 0 Å². The van der Waals surface area contributed by atoms with Gasteiger partial charge in [0.05, 0.1) is 11.3 Å². The van der Waals surface area contributed by atoms with E-state index in [9.17, 15) is 0 Å². The smallest absolute Gasteiger partial charge is 0.101 e. The highest BCUT2D eigenvalue weighted by Gasteiger charge is 2.07. The van der Waals surface area contributed by atoms with E-state index in [2.05, 4.69) is 24.1 Å². The minimum Gasteiger partial charge on any atom is -0.363 e. The van der Waals surface area contributed by atoms with Gasteiger partial charge < -0.3 is 4.90 Å². The number of para-hydroxylation sites is 1. The Morgan fingerprint density at radius 1 is 1.20 bits per heavy atom. The Hall–Kier alpha value is -2.01. The van der Waals surface area contributed by atoms with Crippen LogP contribution in [-0.4, -0.2) is 13.1 Å². The van der Waals surface area contributed by atoms with Crippen LogP contribution in [0.4, 0.5) is 5.69 Å². The molecule has 0 saturated carbocycles. The van der Waals surface area contributed by atoms with Gasteiger partial charge in [0, 0.05) is 13.1 Å². The summed E-state index contributed by atoms with van der Waals surface area (Å²) >= 11 is 0. The molecule has 15 heavy (non-hydrogen) atoms. The Balaban J connectivity index is 3.04. The first-order valence-corrected chi connectivity index (χ1v) is 4.79. The highest BCUT2D eigenvalue weighted by atomic mass is 15.1. The molecule has 0 aliphatic rings. The van der Waals surface area contributed by atoms with E-state index in [4.69, 9.17) is 5.26 Å². The van der Waals surface area contributed by atoms with E-state index < -0.39 is 0 Å². The maximum Gasteiger partial charge on any atom is 0.101 e. The van der Waals surface area contributed by atoms with E-state index in [-0.39, 0.29) is 0 Å². The monoisotopic (exact) mass is 198 g/mol. The van der Waals surface area contributed by atoms with E-state index in [0.29, 0.717) is 18.7 Å². The first-order chi connectivity index (χ1) is 7.33. The summed E-state index contributed by atoms with van der Waals surface area (Å²) < 4.78 is 0. The Morgan fingerprint density at radius 3 is 2.33 bits per heavy atom. The third kappa shape index (κ3) is 2.72. The molecule has 0 radical (unpaired) electrons. The molecular weight excluding hydrogens is 184 g/mol. The minimum absolute atomic E-state index is 0.682. The number of rotatable bonds is 5. The van der Waals surface area contributed by atoms with Gasteiger partial charge in [-0.1, -0.05) is 24.3 Å². The lowest BCUT2D eigenvalue weighted by atomic mass is 10.1. The molecule has 0 aliphatic heterocycles. The molecule has 0 atom stereocenters. The summed E-state index contributed by atoms with van der Waals surface area (Å²) in [5, 5.41) is 8.98. The molecule has 1 rings (SSSR count). The lowest BCUT2D eigenvalue weighted by Gasteiger charge is -2.22. The molecular formula is C13H14N2. The van der Waals surface area contributed by atoms with E-state index in [1.165, 1.54) is 0 Å². The molecule has 2 nitrogen and oxygen atoms in total. The fourth-order valence-electron chi connectivity index (χ4n) is 1.43. The van der Waals surface area contributed by atoms with E-state index >= 15 is 0 Å². The fourth-order valence-corrected chi connectivity index (χ4v) is 1.43. The Labute approximate surface area is 90.8 Å². The second kappa shape index (κ2) is 5.66. The van der Waals surface area contributed by atoms with E-state index in [1.54, 1.807) is 0 Å². The zero-order valence-corrected chi connectivity index (χ0v) is 8.69. The average Bonchev–Trinajstić information content (AvgIpc) is 2.29. The molecule has 0 N–H and O–H groups in total. The maximum atomic E-state index is 8.98. The van der Waals surface area contributed by atoms with Gasteiger partial charge >= 0.3 is 0 Å². The highest BCUT2D eigenvalue weighted by molar-refractivity contribution is 5.59. The molecule has 76 valence electrons. The van der Waals surface area contributed by atoms with E-state index in [0.717, 1.165) is 5.69 Å². The van der Waals surface area contributed by atoms with Crippen molar-refractivity contribution < 1.29 is 0 Å². The van der Waals surface area contributed by atoms with Crippen LogP contribution in [0.3, 0.4) is 0 Å². The summed E-state index contributed by atoms with van der Waals surface area (Å²) in [5.41, 5.74) is 1.61. The van der Waals surface area contributed by atoms with Crippen molar-refractivity contribution in [3.8, 4) is 6.07 Å².